The fraction of sp³-hybridized carbons (Fsp3) is 0.533. The van der Waals surface area contributed by atoms with Gasteiger partial charge in [-0.15, -0.1) is 0 Å². The molecule has 0 bridgehead atoms. The first-order valence-corrected chi connectivity index (χ1v) is 7.73. The van der Waals surface area contributed by atoms with Crippen LogP contribution in [0.1, 0.15) is 31.2 Å². The molecule has 0 saturated carbocycles. The van der Waals surface area contributed by atoms with Crippen molar-refractivity contribution in [3.05, 3.63) is 30.2 Å². The Labute approximate surface area is 129 Å². The highest BCUT2D eigenvalue weighted by molar-refractivity contribution is 5.88. The van der Waals surface area contributed by atoms with Crippen LogP contribution < -0.4 is 5.32 Å². The average molecular weight is 302 g/mol. The summed E-state index contributed by atoms with van der Waals surface area (Å²) < 4.78 is 3.63. The number of aromatic nitrogens is 4. The summed E-state index contributed by atoms with van der Waals surface area (Å²) in [6.07, 6.45) is 7.60. The summed E-state index contributed by atoms with van der Waals surface area (Å²) >= 11 is 0. The van der Waals surface area contributed by atoms with Crippen LogP contribution in [0.2, 0.25) is 0 Å². The maximum atomic E-state index is 12.4. The molecule has 2 aromatic heterocycles. The Hall–Kier alpha value is -2.31. The van der Waals surface area contributed by atoms with Crippen LogP contribution in [0.15, 0.2) is 24.7 Å². The van der Waals surface area contributed by atoms with E-state index in [1.807, 2.05) is 35.1 Å². The molecule has 3 heterocycles. The molecule has 1 aliphatic heterocycles. The van der Waals surface area contributed by atoms with Gasteiger partial charge in [-0.2, -0.15) is 10.2 Å². The number of nitrogens with one attached hydrogen (secondary N) is 1. The van der Waals surface area contributed by atoms with Gasteiger partial charge in [-0.1, -0.05) is 6.92 Å². The summed E-state index contributed by atoms with van der Waals surface area (Å²) in [5.74, 6) is 1.14. The molecule has 22 heavy (non-hydrogen) atoms. The Balaban J connectivity index is 1.60. The second kappa shape index (κ2) is 6.21. The van der Waals surface area contributed by atoms with E-state index in [9.17, 15) is 4.79 Å². The molecule has 118 valence electrons. The van der Waals surface area contributed by atoms with Crippen molar-refractivity contribution < 1.29 is 4.79 Å². The minimum atomic E-state index is -0.0516. The van der Waals surface area contributed by atoms with Crippen molar-refractivity contribution in [2.24, 2.45) is 7.05 Å². The van der Waals surface area contributed by atoms with E-state index in [0.29, 0.717) is 5.92 Å². The monoisotopic (exact) mass is 302 g/mol. The summed E-state index contributed by atoms with van der Waals surface area (Å²) in [5.41, 5.74) is 1.20. The minimum absolute atomic E-state index is 0.0516. The molecule has 7 nitrogen and oxygen atoms in total. The number of likely N-dealkylation sites (tertiary alicyclic amines) is 1. The number of urea groups is 1. The number of nitrogens with zero attached hydrogens (tertiary/aromatic N) is 5. The summed E-state index contributed by atoms with van der Waals surface area (Å²) in [6.45, 7) is 4.40. The summed E-state index contributed by atoms with van der Waals surface area (Å²) in [4.78, 5) is 14.3. The largest absolute Gasteiger partial charge is 0.324 e. The van der Waals surface area contributed by atoms with E-state index in [4.69, 9.17) is 0 Å². The van der Waals surface area contributed by atoms with E-state index < -0.39 is 0 Å². The maximum absolute atomic E-state index is 12.4. The van der Waals surface area contributed by atoms with Crippen molar-refractivity contribution in [1.82, 2.24) is 24.5 Å². The van der Waals surface area contributed by atoms with E-state index in [1.165, 1.54) is 5.56 Å². The minimum Gasteiger partial charge on any atom is -0.324 e. The third-order valence-electron chi connectivity index (χ3n) is 4.06. The van der Waals surface area contributed by atoms with Gasteiger partial charge < -0.3 is 4.90 Å². The highest BCUT2D eigenvalue weighted by atomic mass is 16.2. The van der Waals surface area contributed by atoms with Crippen molar-refractivity contribution in [2.45, 2.75) is 32.2 Å². The third-order valence-corrected chi connectivity index (χ3v) is 4.06. The average Bonchev–Trinajstić information content (AvgIpc) is 3.20. The second-order valence-electron chi connectivity index (χ2n) is 5.75. The van der Waals surface area contributed by atoms with Crippen molar-refractivity contribution in [1.29, 1.82) is 0 Å². The topological polar surface area (TPSA) is 68.0 Å². The van der Waals surface area contributed by atoms with Crippen LogP contribution in [0.5, 0.6) is 0 Å². The molecule has 3 rings (SSSR count). The number of aryl methyl sites for hydroxylation is 2. The van der Waals surface area contributed by atoms with Crippen molar-refractivity contribution in [3.63, 3.8) is 0 Å². The number of rotatable bonds is 4. The zero-order valence-electron chi connectivity index (χ0n) is 13.1. The first-order chi connectivity index (χ1) is 10.7. The van der Waals surface area contributed by atoms with Crippen LogP contribution in [-0.2, 0) is 13.6 Å². The van der Waals surface area contributed by atoms with Gasteiger partial charge in [0.05, 0.1) is 12.4 Å². The normalized spacial score (nSPS) is 17.9. The molecule has 1 N–H and O–H groups in total. The lowest BCUT2D eigenvalue weighted by Crippen LogP contribution is -2.33. The quantitative estimate of drug-likeness (QED) is 0.940. The van der Waals surface area contributed by atoms with Gasteiger partial charge in [0.1, 0.15) is 5.82 Å². The fourth-order valence-corrected chi connectivity index (χ4v) is 2.89. The van der Waals surface area contributed by atoms with Gasteiger partial charge in [0, 0.05) is 44.9 Å². The number of amides is 2. The van der Waals surface area contributed by atoms with Gasteiger partial charge in [-0.25, -0.2) is 9.48 Å². The SMILES string of the molecule is CCCn1nccc1NC(=O)N1CC[C@@H](c2cnn(C)c2)C1. The van der Waals surface area contributed by atoms with Gasteiger partial charge in [0.25, 0.3) is 0 Å². The standard InChI is InChI=1S/C15H22N6O/c1-3-7-21-14(4-6-16-21)18-15(22)20-8-5-12(11-20)13-9-17-19(2)10-13/h4,6,9-10,12H,3,5,7-8,11H2,1-2H3,(H,18,22)/t12-/m1/s1. The third kappa shape index (κ3) is 2.98. The zero-order chi connectivity index (χ0) is 15.5. The van der Waals surface area contributed by atoms with E-state index in [1.54, 1.807) is 10.9 Å². The number of hydrogen-bond donors (Lipinski definition) is 1. The highest BCUT2D eigenvalue weighted by Crippen LogP contribution is 2.27. The Morgan fingerprint density at radius 3 is 3.05 bits per heavy atom. The fourth-order valence-electron chi connectivity index (χ4n) is 2.89. The highest BCUT2D eigenvalue weighted by Gasteiger charge is 2.28. The molecule has 7 heteroatoms. The molecular formula is C15H22N6O. The molecule has 1 atom stereocenters. The number of carbonyl (C=O) groups is 1. The lowest BCUT2D eigenvalue weighted by atomic mass is 10.0. The van der Waals surface area contributed by atoms with E-state index in [2.05, 4.69) is 22.4 Å². The van der Waals surface area contributed by atoms with Crippen LogP contribution in [0.4, 0.5) is 10.6 Å². The first-order valence-electron chi connectivity index (χ1n) is 7.73. The Morgan fingerprint density at radius 1 is 1.45 bits per heavy atom. The lowest BCUT2D eigenvalue weighted by Gasteiger charge is -2.17. The summed E-state index contributed by atoms with van der Waals surface area (Å²) in [5, 5.41) is 11.4. The number of anilines is 1. The van der Waals surface area contributed by atoms with Gasteiger partial charge in [0.15, 0.2) is 0 Å². The Morgan fingerprint density at radius 2 is 2.32 bits per heavy atom. The van der Waals surface area contributed by atoms with Crippen molar-refractivity contribution in [3.8, 4) is 0 Å². The van der Waals surface area contributed by atoms with Crippen molar-refractivity contribution in [2.75, 3.05) is 18.4 Å². The number of carbonyl (C=O) groups excluding carboxylic acids is 1. The van der Waals surface area contributed by atoms with Crippen molar-refractivity contribution >= 4 is 11.8 Å². The molecule has 2 amide bonds. The molecule has 1 fully saturated rings. The second-order valence-corrected chi connectivity index (χ2v) is 5.75. The van der Waals surface area contributed by atoms with E-state index in [0.717, 1.165) is 38.3 Å². The Bertz CT molecular complexity index is 646. The van der Waals surface area contributed by atoms with Crippen LogP contribution in [0.25, 0.3) is 0 Å². The molecule has 0 spiro atoms. The first kappa shape index (κ1) is 14.6. The molecular weight excluding hydrogens is 280 g/mol. The smallest absolute Gasteiger partial charge is 0.323 e. The summed E-state index contributed by atoms with van der Waals surface area (Å²) in [7, 11) is 1.91. The maximum Gasteiger partial charge on any atom is 0.323 e. The van der Waals surface area contributed by atoms with Crippen LogP contribution in [0.3, 0.4) is 0 Å². The van der Waals surface area contributed by atoms with Crippen LogP contribution in [0, 0.1) is 0 Å². The zero-order valence-corrected chi connectivity index (χ0v) is 13.1. The van der Waals surface area contributed by atoms with Gasteiger partial charge >= 0.3 is 6.03 Å². The van der Waals surface area contributed by atoms with Crippen LogP contribution in [-0.4, -0.2) is 43.6 Å². The summed E-state index contributed by atoms with van der Waals surface area (Å²) in [6, 6.07) is 1.78. The molecule has 1 aliphatic rings. The molecule has 0 aromatic carbocycles. The molecule has 2 aromatic rings. The van der Waals surface area contributed by atoms with E-state index >= 15 is 0 Å². The number of hydrogen-bond acceptors (Lipinski definition) is 3. The molecule has 0 radical (unpaired) electrons. The Kier molecular flexibility index (Phi) is 4.13. The predicted molar refractivity (Wildman–Crippen MR) is 83.7 cm³/mol. The van der Waals surface area contributed by atoms with Gasteiger partial charge in [-0.05, 0) is 18.4 Å². The molecule has 1 saturated heterocycles. The molecule has 0 aliphatic carbocycles. The van der Waals surface area contributed by atoms with E-state index in [-0.39, 0.29) is 6.03 Å². The van der Waals surface area contributed by atoms with Gasteiger partial charge in [-0.3, -0.25) is 10.00 Å². The predicted octanol–water partition coefficient (Wildman–Crippen LogP) is 2.05. The van der Waals surface area contributed by atoms with Crippen LogP contribution >= 0.6 is 0 Å². The van der Waals surface area contributed by atoms with Gasteiger partial charge in [0.2, 0.25) is 0 Å². The lowest BCUT2D eigenvalue weighted by molar-refractivity contribution is 0.221. The molecule has 0 unspecified atom stereocenters.